The fourth-order valence-electron chi connectivity index (χ4n) is 2.91. The smallest absolute Gasteiger partial charge is 0.144 e. The van der Waals surface area contributed by atoms with E-state index >= 15 is 0 Å². The summed E-state index contributed by atoms with van der Waals surface area (Å²) < 4.78 is 0. The molecule has 21 heavy (non-hydrogen) atoms. The summed E-state index contributed by atoms with van der Waals surface area (Å²) in [6.07, 6.45) is 5.97. The molecular weight excluding hydrogens is 262 g/mol. The van der Waals surface area contributed by atoms with Crippen molar-refractivity contribution in [3.8, 4) is 0 Å². The highest BCUT2D eigenvalue weighted by Crippen LogP contribution is 2.31. The highest BCUT2D eigenvalue weighted by molar-refractivity contribution is 5.31. The molecule has 0 aromatic carbocycles. The van der Waals surface area contributed by atoms with Crippen molar-refractivity contribution in [2.45, 2.75) is 32.4 Å². The molecule has 3 rings (SSSR count). The van der Waals surface area contributed by atoms with Crippen LogP contribution in [0.2, 0.25) is 0 Å². The number of aromatic nitrogens is 3. The van der Waals surface area contributed by atoms with Gasteiger partial charge >= 0.3 is 0 Å². The van der Waals surface area contributed by atoms with E-state index in [1.807, 2.05) is 26.2 Å². The van der Waals surface area contributed by atoms with E-state index in [-0.39, 0.29) is 0 Å². The molecule has 1 atom stereocenters. The summed E-state index contributed by atoms with van der Waals surface area (Å²) in [5, 5.41) is 3.06. The first-order valence-corrected chi connectivity index (χ1v) is 7.42. The van der Waals surface area contributed by atoms with Gasteiger partial charge in [0.2, 0.25) is 0 Å². The van der Waals surface area contributed by atoms with Crippen molar-refractivity contribution in [2.75, 3.05) is 18.9 Å². The largest absolute Gasteiger partial charge is 0.372 e. The maximum absolute atomic E-state index is 4.65. The Morgan fingerprint density at radius 3 is 3.00 bits per heavy atom. The fourth-order valence-corrected chi connectivity index (χ4v) is 2.91. The molecule has 1 saturated heterocycles. The number of hydrogen-bond donors (Lipinski definition) is 1. The lowest BCUT2D eigenvalue weighted by Gasteiger charge is -2.23. The molecule has 3 heterocycles. The third-order valence-electron chi connectivity index (χ3n) is 3.93. The van der Waals surface area contributed by atoms with Crippen molar-refractivity contribution in [3.05, 3.63) is 47.7 Å². The van der Waals surface area contributed by atoms with Crippen LogP contribution in [0.1, 0.15) is 36.0 Å². The number of rotatable bonds is 4. The molecule has 0 unspecified atom stereocenters. The van der Waals surface area contributed by atoms with E-state index in [1.165, 1.54) is 6.42 Å². The number of likely N-dealkylation sites (tertiary alicyclic amines) is 1. The molecule has 0 saturated carbocycles. The van der Waals surface area contributed by atoms with Gasteiger partial charge in [-0.25, -0.2) is 4.98 Å². The van der Waals surface area contributed by atoms with Gasteiger partial charge in [-0.05, 0) is 38.4 Å². The zero-order valence-electron chi connectivity index (χ0n) is 12.6. The molecule has 0 bridgehead atoms. The number of nitrogens with one attached hydrogen (secondary N) is 1. The van der Waals surface area contributed by atoms with Gasteiger partial charge in [-0.15, -0.1) is 0 Å². The van der Waals surface area contributed by atoms with Crippen molar-refractivity contribution in [2.24, 2.45) is 0 Å². The van der Waals surface area contributed by atoms with Gasteiger partial charge in [0, 0.05) is 19.3 Å². The molecular formula is C16H21N5. The van der Waals surface area contributed by atoms with Crippen LogP contribution in [0.4, 0.5) is 5.82 Å². The lowest BCUT2D eigenvalue weighted by molar-refractivity contribution is 0.241. The Labute approximate surface area is 125 Å². The van der Waals surface area contributed by atoms with E-state index in [4.69, 9.17) is 0 Å². The predicted molar refractivity (Wildman–Crippen MR) is 82.9 cm³/mol. The SMILES string of the molecule is CNc1cncc([C@H]2CCCN2Cc2cccc(C)n2)n1. The maximum atomic E-state index is 4.65. The van der Waals surface area contributed by atoms with Crippen LogP contribution < -0.4 is 5.32 Å². The predicted octanol–water partition coefficient (Wildman–Crippen LogP) is 2.56. The second-order valence-corrected chi connectivity index (χ2v) is 5.48. The minimum absolute atomic E-state index is 0.341. The molecule has 1 N–H and O–H groups in total. The Morgan fingerprint density at radius 2 is 2.19 bits per heavy atom. The van der Waals surface area contributed by atoms with E-state index in [9.17, 15) is 0 Å². The zero-order chi connectivity index (χ0) is 14.7. The molecule has 2 aromatic heterocycles. The molecule has 110 valence electrons. The van der Waals surface area contributed by atoms with E-state index in [1.54, 1.807) is 6.20 Å². The van der Waals surface area contributed by atoms with E-state index in [0.717, 1.165) is 42.4 Å². The lowest BCUT2D eigenvalue weighted by Crippen LogP contribution is -2.24. The quantitative estimate of drug-likeness (QED) is 0.934. The molecule has 0 amide bonds. The van der Waals surface area contributed by atoms with Gasteiger partial charge in [-0.2, -0.15) is 0 Å². The van der Waals surface area contributed by atoms with Crippen LogP contribution in [0.5, 0.6) is 0 Å². The topological polar surface area (TPSA) is 53.9 Å². The van der Waals surface area contributed by atoms with Gasteiger partial charge in [0.1, 0.15) is 5.82 Å². The molecule has 1 aliphatic rings. The van der Waals surface area contributed by atoms with E-state index < -0.39 is 0 Å². The van der Waals surface area contributed by atoms with Crippen molar-refractivity contribution in [1.82, 2.24) is 19.9 Å². The van der Waals surface area contributed by atoms with E-state index in [0.29, 0.717) is 6.04 Å². The van der Waals surface area contributed by atoms with Crippen molar-refractivity contribution in [1.29, 1.82) is 0 Å². The molecule has 1 fully saturated rings. The first-order valence-electron chi connectivity index (χ1n) is 7.42. The normalized spacial score (nSPS) is 18.9. The second kappa shape index (κ2) is 6.18. The minimum atomic E-state index is 0.341. The number of hydrogen-bond acceptors (Lipinski definition) is 5. The fraction of sp³-hybridized carbons (Fsp3) is 0.438. The Balaban J connectivity index is 1.78. The lowest BCUT2D eigenvalue weighted by atomic mass is 10.1. The summed E-state index contributed by atoms with van der Waals surface area (Å²) in [6.45, 7) is 4.00. The molecule has 0 spiro atoms. The number of anilines is 1. The summed E-state index contributed by atoms with van der Waals surface area (Å²) >= 11 is 0. The van der Waals surface area contributed by atoms with Crippen molar-refractivity contribution < 1.29 is 0 Å². The highest BCUT2D eigenvalue weighted by Gasteiger charge is 2.27. The summed E-state index contributed by atoms with van der Waals surface area (Å²) in [7, 11) is 1.87. The molecule has 5 nitrogen and oxygen atoms in total. The number of pyridine rings is 1. The van der Waals surface area contributed by atoms with Gasteiger partial charge in [-0.1, -0.05) is 6.07 Å². The average molecular weight is 283 g/mol. The van der Waals surface area contributed by atoms with Gasteiger partial charge in [0.15, 0.2) is 0 Å². The Kier molecular flexibility index (Phi) is 4.10. The minimum Gasteiger partial charge on any atom is -0.372 e. The second-order valence-electron chi connectivity index (χ2n) is 5.48. The van der Waals surface area contributed by atoms with Gasteiger partial charge < -0.3 is 5.32 Å². The molecule has 5 heteroatoms. The number of aryl methyl sites for hydroxylation is 1. The maximum Gasteiger partial charge on any atom is 0.144 e. The van der Waals surface area contributed by atoms with Gasteiger partial charge in [0.25, 0.3) is 0 Å². The van der Waals surface area contributed by atoms with Crippen molar-refractivity contribution in [3.63, 3.8) is 0 Å². The molecule has 0 radical (unpaired) electrons. The Morgan fingerprint density at radius 1 is 1.29 bits per heavy atom. The first kappa shape index (κ1) is 13.9. The average Bonchev–Trinajstić information content (AvgIpc) is 2.95. The van der Waals surface area contributed by atoms with Crippen LogP contribution in [-0.4, -0.2) is 33.4 Å². The Bertz CT molecular complexity index is 613. The Hall–Kier alpha value is -2.01. The van der Waals surface area contributed by atoms with Crippen LogP contribution in [-0.2, 0) is 6.54 Å². The summed E-state index contributed by atoms with van der Waals surface area (Å²) in [4.78, 5) is 16.0. The third kappa shape index (κ3) is 3.19. The van der Waals surface area contributed by atoms with Crippen LogP contribution in [0.25, 0.3) is 0 Å². The van der Waals surface area contributed by atoms with Crippen LogP contribution >= 0.6 is 0 Å². The molecule has 0 aliphatic carbocycles. The van der Waals surface area contributed by atoms with Gasteiger partial charge in [0.05, 0.1) is 29.8 Å². The van der Waals surface area contributed by atoms with E-state index in [2.05, 4.69) is 37.3 Å². The molecule has 1 aliphatic heterocycles. The number of nitrogens with zero attached hydrogens (tertiary/aromatic N) is 4. The first-order chi connectivity index (χ1) is 10.3. The molecule has 2 aromatic rings. The van der Waals surface area contributed by atoms with Crippen LogP contribution in [0, 0.1) is 6.92 Å². The van der Waals surface area contributed by atoms with Crippen LogP contribution in [0.15, 0.2) is 30.6 Å². The zero-order valence-corrected chi connectivity index (χ0v) is 12.6. The summed E-state index contributed by atoms with van der Waals surface area (Å²) in [5.41, 5.74) is 3.24. The summed E-state index contributed by atoms with van der Waals surface area (Å²) in [6, 6.07) is 6.54. The standard InChI is InChI=1S/C16H21N5/c1-12-5-3-6-13(19-12)11-21-8-4-7-15(21)14-9-18-10-16(17-2)20-14/h3,5-6,9-10,15H,4,7-8,11H2,1-2H3,(H,17,20)/t15-/m1/s1. The highest BCUT2D eigenvalue weighted by atomic mass is 15.2. The van der Waals surface area contributed by atoms with Crippen molar-refractivity contribution >= 4 is 5.82 Å². The van der Waals surface area contributed by atoms with Gasteiger partial charge in [-0.3, -0.25) is 14.9 Å². The summed E-state index contributed by atoms with van der Waals surface area (Å²) in [5.74, 6) is 0.827. The van der Waals surface area contributed by atoms with Crippen LogP contribution in [0.3, 0.4) is 0 Å². The third-order valence-corrected chi connectivity index (χ3v) is 3.93. The monoisotopic (exact) mass is 283 g/mol.